The van der Waals surface area contributed by atoms with E-state index in [2.05, 4.69) is 12.2 Å². The first-order valence-electron chi connectivity index (χ1n) is 5.24. The Morgan fingerprint density at radius 1 is 1.47 bits per heavy atom. The highest BCUT2D eigenvalue weighted by Gasteiger charge is 2.07. The molecule has 0 radical (unpaired) electrons. The van der Waals surface area contributed by atoms with Gasteiger partial charge in [-0.2, -0.15) is 0 Å². The van der Waals surface area contributed by atoms with Crippen LogP contribution >= 0.6 is 0 Å². The Kier molecular flexibility index (Phi) is 4.56. The maximum absolute atomic E-state index is 13.0. The molecular formula is C12H18FNO. The molecule has 0 aliphatic heterocycles. The van der Waals surface area contributed by atoms with Gasteiger partial charge in [-0.3, -0.25) is 0 Å². The van der Waals surface area contributed by atoms with Crippen LogP contribution in [0.15, 0.2) is 18.2 Å². The van der Waals surface area contributed by atoms with Crippen LogP contribution in [0.3, 0.4) is 0 Å². The minimum Gasteiger partial charge on any atom is -0.489 e. The van der Waals surface area contributed by atoms with E-state index in [0.29, 0.717) is 5.56 Å². The second-order valence-electron chi connectivity index (χ2n) is 3.62. The molecule has 1 aromatic rings. The molecule has 0 aliphatic carbocycles. The van der Waals surface area contributed by atoms with Gasteiger partial charge in [0.05, 0.1) is 0 Å². The third-order valence-electron chi connectivity index (χ3n) is 2.32. The lowest BCUT2D eigenvalue weighted by atomic mass is 10.2. The molecule has 1 atom stereocenters. The highest BCUT2D eigenvalue weighted by molar-refractivity contribution is 5.29. The minimum absolute atomic E-state index is 0.139. The first-order chi connectivity index (χ1) is 7.17. The third kappa shape index (κ3) is 3.51. The Labute approximate surface area is 90.4 Å². The minimum atomic E-state index is -0.191. The molecule has 1 N–H and O–H groups in total. The van der Waals surface area contributed by atoms with E-state index in [-0.39, 0.29) is 11.9 Å². The molecular weight excluding hydrogens is 193 g/mol. The molecule has 84 valence electrons. The summed E-state index contributed by atoms with van der Waals surface area (Å²) in [5, 5.41) is 3.07. The van der Waals surface area contributed by atoms with Crippen molar-refractivity contribution in [2.75, 3.05) is 13.6 Å². The fourth-order valence-electron chi connectivity index (χ4n) is 1.38. The van der Waals surface area contributed by atoms with Crippen LogP contribution in [0, 0.1) is 12.7 Å². The summed E-state index contributed by atoms with van der Waals surface area (Å²) in [6, 6.07) is 4.84. The van der Waals surface area contributed by atoms with Gasteiger partial charge in [-0.05, 0) is 44.2 Å². The van der Waals surface area contributed by atoms with Gasteiger partial charge in [0.15, 0.2) is 0 Å². The smallest absolute Gasteiger partial charge is 0.126 e. The number of rotatable bonds is 5. The van der Waals surface area contributed by atoms with Gasteiger partial charge in [0, 0.05) is 6.54 Å². The fraction of sp³-hybridized carbons (Fsp3) is 0.500. The Hall–Kier alpha value is -1.09. The average molecular weight is 211 g/mol. The van der Waals surface area contributed by atoms with Crippen LogP contribution in [0.5, 0.6) is 5.75 Å². The van der Waals surface area contributed by atoms with E-state index in [1.54, 1.807) is 19.1 Å². The molecule has 1 aromatic carbocycles. The van der Waals surface area contributed by atoms with E-state index in [0.717, 1.165) is 18.7 Å². The standard InChI is InChI=1S/C12H18FNO/c1-4-10(8-14-3)15-11-5-6-12(13)9(2)7-11/h5-7,10,14H,4,8H2,1-3H3. The first-order valence-corrected chi connectivity index (χ1v) is 5.24. The number of likely N-dealkylation sites (N-methyl/N-ethyl adjacent to an activating group) is 1. The van der Waals surface area contributed by atoms with Gasteiger partial charge in [-0.25, -0.2) is 4.39 Å². The molecule has 15 heavy (non-hydrogen) atoms. The second-order valence-corrected chi connectivity index (χ2v) is 3.62. The van der Waals surface area contributed by atoms with Gasteiger partial charge >= 0.3 is 0 Å². The molecule has 1 unspecified atom stereocenters. The number of hydrogen-bond donors (Lipinski definition) is 1. The highest BCUT2D eigenvalue weighted by atomic mass is 19.1. The van der Waals surface area contributed by atoms with Crippen LogP contribution in [0.1, 0.15) is 18.9 Å². The Balaban J connectivity index is 2.66. The zero-order valence-electron chi connectivity index (χ0n) is 9.51. The van der Waals surface area contributed by atoms with Crippen molar-refractivity contribution < 1.29 is 9.13 Å². The van der Waals surface area contributed by atoms with Gasteiger partial charge in [-0.1, -0.05) is 6.92 Å². The van der Waals surface area contributed by atoms with Gasteiger partial charge in [-0.15, -0.1) is 0 Å². The zero-order valence-corrected chi connectivity index (χ0v) is 9.51. The van der Waals surface area contributed by atoms with Gasteiger partial charge in [0.2, 0.25) is 0 Å². The van der Waals surface area contributed by atoms with Gasteiger partial charge in [0.1, 0.15) is 17.7 Å². The molecule has 0 heterocycles. The van der Waals surface area contributed by atoms with Crippen molar-refractivity contribution in [1.29, 1.82) is 0 Å². The molecule has 2 nitrogen and oxygen atoms in total. The van der Waals surface area contributed by atoms with Gasteiger partial charge in [0.25, 0.3) is 0 Å². The fourth-order valence-corrected chi connectivity index (χ4v) is 1.38. The summed E-state index contributed by atoms with van der Waals surface area (Å²) < 4.78 is 18.7. The molecule has 0 aliphatic rings. The Bertz CT molecular complexity index is 314. The number of nitrogens with one attached hydrogen (secondary N) is 1. The lowest BCUT2D eigenvalue weighted by Crippen LogP contribution is -2.28. The quantitative estimate of drug-likeness (QED) is 0.808. The number of aryl methyl sites for hydroxylation is 1. The van der Waals surface area contributed by atoms with Crippen molar-refractivity contribution in [3.63, 3.8) is 0 Å². The maximum atomic E-state index is 13.0. The van der Waals surface area contributed by atoms with Crippen LogP contribution in [0.2, 0.25) is 0 Å². The number of halogens is 1. The maximum Gasteiger partial charge on any atom is 0.126 e. The van der Waals surface area contributed by atoms with Crippen LogP contribution < -0.4 is 10.1 Å². The normalized spacial score (nSPS) is 12.5. The predicted octanol–water partition coefficient (Wildman–Crippen LogP) is 2.51. The van der Waals surface area contributed by atoms with Crippen molar-refractivity contribution in [3.05, 3.63) is 29.6 Å². The van der Waals surface area contributed by atoms with Crippen molar-refractivity contribution >= 4 is 0 Å². The van der Waals surface area contributed by atoms with E-state index in [1.807, 2.05) is 7.05 Å². The topological polar surface area (TPSA) is 21.3 Å². The number of hydrogen-bond acceptors (Lipinski definition) is 2. The molecule has 3 heteroatoms. The van der Waals surface area contributed by atoms with Crippen molar-refractivity contribution in [1.82, 2.24) is 5.32 Å². The summed E-state index contributed by atoms with van der Waals surface area (Å²) in [4.78, 5) is 0. The summed E-state index contributed by atoms with van der Waals surface area (Å²) in [6.07, 6.45) is 1.07. The van der Waals surface area contributed by atoms with E-state index in [9.17, 15) is 4.39 Å². The molecule has 0 bridgehead atoms. The summed E-state index contributed by atoms with van der Waals surface area (Å²) in [7, 11) is 1.89. The predicted molar refractivity (Wildman–Crippen MR) is 59.8 cm³/mol. The average Bonchev–Trinajstić information content (AvgIpc) is 2.23. The van der Waals surface area contributed by atoms with Crippen LogP contribution in [-0.4, -0.2) is 19.7 Å². The number of benzene rings is 1. The summed E-state index contributed by atoms with van der Waals surface area (Å²) in [6.45, 7) is 4.60. The van der Waals surface area contributed by atoms with Gasteiger partial charge < -0.3 is 10.1 Å². The molecule has 0 amide bonds. The molecule has 0 saturated heterocycles. The Morgan fingerprint density at radius 3 is 2.73 bits per heavy atom. The summed E-state index contributed by atoms with van der Waals surface area (Å²) >= 11 is 0. The van der Waals surface area contributed by atoms with Crippen LogP contribution in [0.25, 0.3) is 0 Å². The zero-order chi connectivity index (χ0) is 11.3. The second kappa shape index (κ2) is 5.71. The van der Waals surface area contributed by atoms with E-state index >= 15 is 0 Å². The molecule has 1 rings (SSSR count). The summed E-state index contributed by atoms with van der Waals surface area (Å²) in [5.74, 6) is 0.542. The van der Waals surface area contributed by atoms with E-state index in [4.69, 9.17) is 4.74 Å². The molecule has 0 spiro atoms. The van der Waals surface area contributed by atoms with Crippen LogP contribution in [-0.2, 0) is 0 Å². The van der Waals surface area contributed by atoms with E-state index < -0.39 is 0 Å². The van der Waals surface area contributed by atoms with Crippen molar-refractivity contribution in [2.45, 2.75) is 26.4 Å². The van der Waals surface area contributed by atoms with E-state index in [1.165, 1.54) is 6.07 Å². The highest BCUT2D eigenvalue weighted by Crippen LogP contribution is 2.17. The lowest BCUT2D eigenvalue weighted by molar-refractivity contribution is 0.196. The molecule has 0 aromatic heterocycles. The van der Waals surface area contributed by atoms with Crippen LogP contribution in [0.4, 0.5) is 4.39 Å². The first kappa shape index (κ1) is 12.0. The molecule has 0 saturated carbocycles. The van der Waals surface area contributed by atoms with Crippen molar-refractivity contribution in [2.24, 2.45) is 0 Å². The monoisotopic (exact) mass is 211 g/mol. The number of ether oxygens (including phenoxy) is 1. The summed E-state index contributed by atoms with van der Waals surface area (Å²) in [5.41, 5.74) is 0.617. The van der Waals surface area contributed by atoms with Crippen molar-refractivity contribution in [3.8, 4) is 5.75 Å². The largest absolute Gasteiger partial charge is 0.489 e. The molecule has 0 fully saturated rings. The Morgan fingerprint density at radius 2 is 2.20 bits per heavy atom. The lowest BCUT2D eigenvalue weighted by Gasteiger charge is -2.17. The third-order valence-corrected chi connectivity index (χ3v) is 2.32. The SMILES string of the molecule is CCC(CNC)Oc1ccc(F)c(C)c1.